The van der Waals surface area contributed by atoms with E-state index in [4.69, 9.17) is 14.7 Å². The fraction of sp³-hybridized carbons (Fsp3) is 0.294. The molecule has 1 amide bonds. The summed E-state index contributed by atoms with van der Waals surface area (Å²) in [7, 11) is 2.85. The van der Waals surface area contributed by atoms with Gasteiger partial charge in [-0.1, -0.05) is 51.3 Å². The number of amides is 1. The maximum atomic E-state index is 14.3. The lowest BCUT2D eigenvalue weighted by Gasteiger charge is -2.40. The van der Waals surface area contributed by atoms with Crippen LogP contribution in [0.4, 0.5) is 5.82 Å². The molecule has 220 valence electrons. The molecule has 2 aliphatic heterocycles. The van der Waals surface area contributed by atoms with E-state index in [1.807, 2.05) is 32.1 Å². The first-order valence-electron chi connectivity index (χ1n) is 14.6. The fourth-order valence-electron chi connectivity index (χ4n) is 6.42. The summed E-state index contributed by atoms with van der Waals surface area (Å²) in [5, 5.41) is 1.83. The highest BCUT2D eigenvalue weighted by molar-refractivity contribution is 7.28. The number of nitrogens with zero attached hydrogens (tertiary/aromatic N) is 5. The zero-order valence-corrected chi connectivity index (χ0v) is 26.2. The number of piperazine rings is 1. The standard InChI is InChI=1S/C34H36N5O3P/c1-7-22-16-24-31(32-28(22)27-23(18-42-32)10-9-11-25(27)43)39(30-20(5)12-13-35-29(30)19(3)4)34(41)36-33(24)38-15-14-37(17-21(38)6)26(40)8-2/h7-13,16,19,21H,1-2,14-15,17-18,43H2,3-6H3/t21-/m0/s1. The first-order valence-corrected chi connectivity index (χ1v) is 15.1. The summed E-state index contributed by atoms with van der Waals surface area (Å²) in [6, 6.07) is 10.1. The minimum atomic E-state index is -0.403. The highest BCUT2D eigenvalue weighted by Gasteiger charge is 2.33. The van der Waals surface area contributed by atoms with Crippen LogP contribution in [-0.2, 0) is 11.4 Å². The number of aromatic nitrogens is 3. The Morgan fingerprint density at radius 3 is 2.67 bits per heavy atom. The minimum absolute atomic E-state index is 0.0654. The van der Waals surface area contributed by atoms with Crippen molar-refractivity contribution < 1.29 is 9.53 Å². The molecule has 0 aliphatic carbocycles. The van der Waals surface area contributed by atoms with Gasteiger partial charge in [-0.3, -0.25) is 14.3 Å². The molecule has 9 heteroatoms. The highest BCUT2D eigenvalue weighted by atomic mass is 31.0. The molecule has 0 N–H and O–H groups in total. The van der Waals surface area contributed by atoms with Crippen molar-refractivity contribution in [3.63, 3.8) is 0 Å². The summed E-state index contributed by atoms with van der Waals surface area (Å²) < 4.78 is 8.30. The van der Waals surface area contributed by atoms with Crippen LogP contribution in [0.2, 0.25) is 0 Å². The zero-order valence-electron chi connectivity index (χ0n) is 25.1. The number of rotatable bonds is 5. The van der Waals surface area contributed by atoms with Crippen LogP contribution in [0.15, 0.2) is 60.6 Å². The van der Waals surface area contributed by atoms with E-state index in [0.29, 0.717) is 43.3 Å². The molecule has 4 aromatic rings. The summed E-state index contributed by atoms with van der Waals surface area (Å²) in [5.41, 5.74) is 6.65. The zero-order chi connectivity index (χ0) is 30.6. The monoisotopic (exact) mass is 593 g/mol. The number of hydrogen-bond acceptors (Lipinski definition) is 6. The molecule has 43 heavy (non-hydrogen) atoms. The first-order chi connectivity index (χ1) is 20.7. The number of anilines is 1. The molecule has 0 radical (unpaired) electrons. The minimum Gasteiger partial charge on any atom is -0.486 e. The topological polar surface area (TPSA) is 80.6 Å². The van der Waals surface area contributed by atoms with Gasteiger partial charge >= 0.3 is 5.69 Å². The lowest BCUT2D eigenvalue weighted by molar-refractivity contribution is -0.126. The van der Waals surface area contributed by atoms with Gasteiger partial charge in [0.25, 0.3) is 0 Å². The summed E-state index contributed by atoms with van der Waals surface area (Å²) >= 11 is 0. The first kappa shape index (κ1) is 28.8. The summed E-state index contributed by atoms with van der Waals surface area (Å²) in [6.45, 7) is 17.9. The number of pyridine rings is 1. The highest BCUT2D eigenvalue weighted by Crippen LogP contribution is 2.47. The molecule has 6 rings (SSSR count). The number of carbonyl (C=O) groups is 1. The molecule has 0 bridgehead atoms. The molecule has 1 unspecified atom stereocenters. The second kappa shape index (κ2) is 11.1. The lowest BCUT2D eigenvalue weighted by Crippen LogP contribution is -2.54. The van der Waals surface area contributed by atoms with Crippen molar-refractivity contribution in [2.75, 3.05) is 24.5 Å². The van der Waals surface area contributed by atoms with Gasteiger partial charge in [0, 0.05) is 42.8 Å². The largest absolute Gasteiger partial charge is 0.486 e. The summed E-state index contributed by atoms with van der Waals surface area (Å²) in [4.78, 5) is 40.1. The van der Waals surface area contributed by atoms with E-state index in [1.54, 1.807) is 15.7 Å². The average molecular weight is 594 g/mol. The van der Waals surface area contributed by atoms with Crippen LogP contribution in [0, 0.1) is 6.92 Å². The van der Waals surface area contributed by atoms with Crippen molar-refractivity contribution in [1.29, 1.82) is 0 Å². The lowest BCUT2D eigenvalue weighted by atomic mass is 9.90. The number of fused-ring (bicyclic) bond motifs is 5. The molecular weight excluding hydrogens is 557 g/mol. The number of hydrogen-bond donors (Lipinski definition) is 0. The van der Waals surface area contributed by atoms with Crippen LogP contribution < -0.4 is 20.6 Å². The van der Waals surface area contributed by atoms with Crippen molar-refractivity contribution in [1.82, 2.24) is 19.4 Å². The average Bonchev–Trinajstić information content (AvgIpc) is 3.00. The molecule has 0 saturated carbocycles. The van der Waals surface area contributed by atoms with Gasteiger partial charge in [0.1, 0.15) is 17.9 Å². The second-order valence-corrected chi connectivity index (χ2v) is 12.2. The van der Waals surface area contributed by atoms with Crippen LogP contribution in [-0.4, -0.2) is 51.0 Å². The van der Waals surface area contributed by atoms with Crippen LogP contribution in [0.1, 0.15) is 49.1 Å². The van der Waals surface area contributed by atoms with Crippen LogP contribution in [0.5, 0.6) is 5.75 Å². The van der Waals surface area contributed by atoms with Gasteiger partial charge in [0.15, 0.2) is 5.75 Å². The van der Waals surface area contributed by atoms with Crippen molar-refractivity contribution in [3.05, 3.63) is 88.6 Å². The molecule has 0 spiro atoms. The van der Waals surface area contributed by atoms with Crippen LogP contribution >= 0.6 is 9.24 Å². The van der Waals surface area contributed by atoms with Gasteiger partial charge in [-0.25, -0.2) is 4.79 Å². The SMILES string of the molecule is C=CC(=O)N1CCN(c2nc(=O)n(-c3c(C)ccnc3C(C)C)c3c4c(c(C=C)cc23)-c2c(P)cccc2CO4)[C@@H](C)C1. The van der Waals surface area contributed by atoms with E-state index < -0.39 is 5.69 Å². The Balaban J connectivity index is 1.73. The third-order valence-electron chi connectivity index (χ3n) is 8.48. The van der Waals surface area contributed by atoms with Gasteiger partial charge in [-0.15, -0.1) is 9.24 Å². The molecule has 2 atom stereocenters. The molecule has 2 aromatic carbocycles. The second-order valence-electron chi connectivity index (χ2n) is 11.5. The third kappa shape index (κ3) is 4.65. The van der Waals surface area contributed by atoms with E-state index >= 15 is 0 Å². The number of benzene rings is 2. The molecule has 4 heterocycles. The van der Waals surface area contributed by atoms with Gasteiger partial charge in [0.2, 0.25) is 5.91 Å². The maximum absolute atomic E-state index is 14.3. The van der Waals surface area contributed by atoms with Gasteiger partial charge in [0.05, 0.1) is 11.4 Å². The number of ether oxygens (including phenoxy) is 1. The Morgan fingerprint density at radius 2 is 1.98 bits per heavy atom. The molecule has 2 aliphatic rings. The van der Waals surface area contributed by atoms with Crippen LogP contribution in [0.3, 0.4) is 0 Å². The predicted molar refractivity (Wildman–Crippen MR) is 177 cm³/mol. The predicted octanol–water partition coefficient (Wildman–Crippen LogP) is 5.14. The van der Waals surface area contributed by atoms with E-state index in [1.165, 1.54) is 6.08 Å². The normalized spacial score (nSPS) is 16.1. The van der Waals surface area contributed by atoms with Gasteiger partial charge < -0.3 is 14.5 Å². The van der Waals surface area contributed by atoms with Crippen LogP contribution in [0.25, 0.3) is 33.8 Å². The van der Waals surface area contributed by atoms with E-state index in [0.717, 1.165) is 49.9 Å². The Kier molecular flexibility index (Phi) is 7.43. The van der Waals surface area contributed by atoms with Crippen molar-refractivity contribution in [2.24, 2.45) is 0 Å². The van der Waals surface area contributed by atoms with Crippen molar-refractivity contribution in [3.8, 4) is 22.6 Å². The fourth-order valence-corrected chi connectivity index (χ4v) is 6.86. The molecule has 2 aromatic heterocycles. The summed E-state index contributed by atoms with van der Waals surface area (Å²) in [6.07, 6.45) is 4.97. The molecule has 1 saturated heterocycles. The molecule has 1 fully saturated rings. The van der Waals surface area contributed by atoms with E-state index in [-0.39, 0.29) is 17.9 Å². The molecular formula is C34H36N5O3P. The smallest absolute Gasteiger partial charge is 0.354 e. The van der Waals surface area contributed by atoms with Gasteiger partial charge in [-0.2, -0.15) is 4.98 Å². The van der Waals surface area contributed by atoms with Gasteiger partial charge in [-0.05, 0) is 65.5 Å². The van der Waals surface area contributed by atoms with E-state index in [9.17, 15) is 9.59 Å². The van der Waals surface area contributed by atoms with Crippen molar-refractivity contribution in [2.45, 2.75) is 46.3 Å². The Hall–Kier alpha value is -4.29. The Labute approximate surface area is 253 Å². The van der Waals surface area contributed by atoms with E-state index in [2.05, 4.69) is 59.3 Å². The quantitative estimate of drug-likeness (QED) is 0.236. The molecule has 8 nitrogen and oxygen atoms in total. The van der Waals surface area contributed by atoms with Crippen molar-refractivity contribution >= 4 is 43.2 Å². The Morgan fingerprint density at radius 1 is 1.19 bits per heavy atom. The Bertz CT molecular complexity index is 1880. The third-order valence-corrected chi connectivity index (χ3v) is 8.96. The summed E-state index contributed by atoms with van der Waals surface area (Å²) in [5.74, 6) is 1.16. The number of aryl methyl sites for hydroxylation is 1. The maximum Gasteiger partial charge on any atom is 0.354 e. The number of carbonyl (C=O) groups excluding carboxylic acids is 1.